The molecule has 1 N–H and O–H groups in total. The number of phenolic OH excluding ortho intramolecular Hbond substituents is 1. The molecule has 0 saturated heterocycles. The van der Waals surface area contributed by atoms with Gasteiger partial charge in [-0.3, -0.25) is 4.79 Å². The highest BCUT2D eigenvalue weighted by Gasteiger charge is 2.18. The third kappa shape index (κ3) is 4.48. The summed E-state index contributed by atoms with van der Waals surface area (Å²) in [5, 5.41) is 17.4. The Labute approximate surface area is 138 Å². The summed E-state index contributed by atoms with van der Waals surface area (Å²) in [5.41, 5.74) is 0.715. The number of benzene rings is 1. The first-order valence-corrected chi connectivity index (χ1v) is 8.64. The highest BCUT2D eigenvalue weighted by molar-refractivity contribution is 7.99. The van der Waals surface area contributed by atoms with Crippen molar-refractivity contribution < 1.29 is 19.1 Å². The van der Waals surface area contributed by atoms with E-state index in [-0.39, 0.29) is 23.6 Å². The highest BCUT2D eigenvalue weighted by atomic mass is 32.2. The van der Waals surface area contributed by atoms with Crippen LogP contribution in [-0.4, -0.2) is 33.1 Å². The number of ether oxygens (including phenoxy) is 1. The van der Waals surface area contributed by atoms with Crippen LogP contribution in [0.25, 0.3) is 11.5 Å². The van der Waals surface area contributed by atoms with Crippen molar-refractivity contribution in [2.75, 3.05) is 5.75 Å². The molecule has 6 nitrogen and oxygen atoms in total. The number of nitrogens with zero attached hydrogens (tertiary/aromatic N) is 2. The van der Waals surface area contributed by atoms with Gasteiger partial charge in [0.2, 0.25) is 5.89 Å². The minimum Gasteiger partial charge on any atom is -0.508 e. The largest absolute Gasteiger partial charge is 0.508 e. The molecule has 1 aromatic carbocycles. The number of thioether (sulfide) groups is 1. The maximum atomic E-state index is 11.8. The van der Waals surface area contributed by atoms with Gasteiger partial charge in [0.1, 0.15) is 17.6 Å². The van der Waals surface area contributed by atoms with E-state index >= 15 is 0 Å². The Balaban J connectivity index is 1.50. The second-order valence-corrected chi connectivity index (χ2v) is 6.39. The zero-order chi connectivity index (χ0) is 16.1. The second-order valence-electron chi connectivity index (χ2n) is 5.46. The lowest BCUT2D eigenvalue weighted by Crippen LogP contribution is -2.21. The molecule has 2 aromatic rings. The molecule has 23 heavy (non-hydrogen) atoms. The van der Waals surface area contributed by atoms with Crippen molar-refractivity contribution >= 4 is 17.7 Å². The minimum absolute atomic E-state index is 0.0621. The van der Waals surface area contributed by atoms with Crippen LogP contribution in [0, 0.1) is 0 Å². The van der Waals surface area contributed by atoms with Crippen molar-refractivity contribution in [3.63, 3.8) is 0 Å². The molecule has 0 radical (unpaired) electrons. The van der Waals surface area contributed by atoms with E-state index in [1.807, 2.05) is 0 Å². The molecule has 0 aliphatic heterocycles. The number of hydrogen-bond donors (Lipinski definition) is 1. The van der Waals surface area contributed by atoms with Crippen molar-refractivity contribution in [2.24, 2.45) is 0 Å². The monoisotopic (exact) mass is 334 g/mol. The van der Waals surface area contributed by atoms with E-state index in [4.69, 9.17) is 9.15 Å². The highest BCUT2D eigenvalue weighted by Crippen LogP contribution is 2.25. The third-order valence-electron chi connectivity index (χ3n) is 3.68. The Hall–Kier alpha value is -2.02. The Kier molecular flexibility index (Phi) is 5.17. The van der Waals surface area contributed by atoms with E-state index in [9.17, 15) is 9.90 Å². The Morgan fingerprint density at radius 2 is 1.96 bits per heavy atom. The van der Waals surface area contributed by atoms with E-state index in [0.717, 1.165) is 25.7 Å². The van der Waals surface area contributed by atoms with Crippen LogP contribution in [0.3, 0.4) is 0 Å². The van der Waals surface area contributed by atoms with Crippen LogP contribution in [0.1, 0.15) is 32.1 Å². The summed E-state index contributed by atoms with van der Waals surface area (Å²) in [6, 6.07) is 6.48. The van der Waals surface area contributed by atoms with Crippen LogP contribution in [0.2, 0.25) is 0 Å². The topological polar surface area (TPSA) is 85.5 Å². The van der Waals surface area contributed by atoms with Gasteiger partial charge in [0.05, 0.1) is 0 Å². The van der Waals surface area contributed by atoms with Gasteiger partial charge in [0.15, 0.2) is 0 Å². The molecule has 122 valence electrons. The van der Waals surface area contributed by atoms with Crippen molar-refractivity contribution in [3.8, 4) is 17.2 Å². The Morgan fingerprint density at radius 1 is 1.22 bits per heavy atom. The van der Waals surface area contributed by atoms with E-state index < -0.39 is 0 Å². The molecule has 3 rings (SSSR count). The first-order chi connectivity index (χ1) is 11.2. The Bertz CT molecular complexity index is 650. The molecule has 1 aromatic heterocycles. The number of carbonyl (C=O) groups is 1. The average Bonchev–Trinajstić information content (AvgIpc) is 3.04. The molecule has 1 heterocycles. The molecule has 1 aliphatic carbocycles. The van der Waals surface area contributed by atoms with E-state index in [2.05, 4.69) is 10.2 Å². The van der Waals surface area contributed by atoms with Crippen molar-refractivity contribution in [3.05, 3.63) is 24.3 Å². The smallest absolute Gasteiger partial charge is 0.316 e. The maximum absolute atomic E-state index is 11.8. The van der Waals surface area contributed by atoms with Gasteiger partial charge in [0.25, 0.3) is 5.22 Å². The molecular weight excluding hydrogens is 316 g/mol. The van der Waals surface area contributed by atoms with Gasteiger partial charge in [-0.05, 0) is 49.9 Å². The fraction of sp³-hybridized carbons (Fsp3) is 0.438. The molecule has 1 aliphatic rings. The first kappa shape index (κ1) is 15.9. The zero-order valence-corrected chi connectivity index (χ0v) is 13.4. The molecular formula is C16H18N2O4S. The molecule has 1 fully saturated rings. The van der Waals surface area contributed by atoms with Gasteiger partial charge in [-0.1, -0.05) is 18.2 Å². The number of esters is 1. The lowest BCUT2D eigenvalue weighted by Gasteiger charge is -2.21. The van der Waals surface area contributed by atoms with Crippen molar-refractivity contribution in [1.29, 1.82) is 0 Å². The molecule has 7 heteroatoms. The normalized spacial score (nSPS) is 15.5. The lowest BCUT2D eigenvalue weighted by molar-refractivity contribution is -0.147. The molecule has 0 atom stereocenters. The summed E-state index contributed by atoms with van der Waals surface area (Å²) >= 11 is 1.17. The van der Waals surface area contributed by atoms with E-state index in [1.54, 1.807) is 24.3 Å². The van der Waals surface area contributed by atoms with E-state index in [1.165, 1.54) is 18.2 Å². The van der Waals surface area contributed by atoms with Gasteiger partial charge in [-0.25, -0.2) is 0 Å². The fourth-order valence-electron chi connectivity index (χ4n) is 2.51. The first-order valence-electron chi connectivity index (χ1n) is 7.66. The molecule has 0 unspecified atom stereocenters. The van der Waals surface area contributed by atoms with Crippen molar-refractivity contribution in [1.82, 2.24) is 10.2 Å². The average molecular weight is 334 g/mol. The van der Waals surface area contributed by atoms with Crippen molar-refractivity contribution in [2.45, 2.75) is 43.4 Å². The van der Waals surface area contributed by atoms with Crippen LogP contribution in [0.15, 0.2) is 33.9 Å². The van der Waals surface area contributed by atoms with Gasteiger partial charge >= 0.3 is 5.97 Å². The molecule has 0 spiro atoms. The van der Waals surface area contributed by atoms with Crippen LogP contribution in [0.5, 0.6) is 5.75 Å². The number of rotatable bonds is 5. The zero-order valence-electron chi connectivity index (χ0n) is 12.6. The Morgan fingerprint density at radius 3 is 2.70 bits per heavy atom. The predicted octanol–water partition coefficient (Wildman–Crippen LogP) is 3.41. The third-order valence-corrected chi connectivity index (χ3v) is 4.48. The number of hydrogen-bond acceptors (Lipinski definition) is 7. The standard InChI is InChI=1S/C16H18N2O4S/c19-12-8-6-11(7-9-12)15-17-18-16(22-15)23-10-14(20)21-13-4-2-1-3-5-13/h6-9,13,19H,1-5,10H2. The summed E-state index contributed by atoms with van der Waals surface area (Å²) < 4.78 is 10.9. The quantitative estimate of drug-likeness (QED) is 0.662. The summed E-state index contributed by atoms with van der Waals surface area (Å²) in [5.74, 6) is 0.445. The van der Waals surface area contributed by atoms with Crippen LogP contribution >= 0.6 is 11.8 Å². The summed E-state index contributed by atoms with van der Waals surface area (Å²) in [6.45, 7) is 0. The number of aromatic nitrogens is 2. The van der Waals surface area contributed by atoms with Gasteiger partial charge in [0, 0.05) is 5.56 Å². The molecule has 0 bridgehead atoms. The number of carbonyl (C=O) groups excluding carboxylic acids is 1. The summed E-state index contributed by atoms with van der Waals surface area (Å²) in [7, 11) is 0. The van der Waals surface area contributed by atoms with Gasteiger partial charge < -0.3 is 14.3 Å². The molecule has 0 amide bonds. The van der Waals surface area contributed by atoms with E-state index in [0.29, 0.717) is 16.7 Å². The SMILES string of the molecule is O=C(CSc1nnc(-c2ccc(O)cc2)o1)OC1CCCCC1. The molecule has 1 saturated carbocycles. The fourth-order valence-corrected chi connectivity index (χ4v) is 3.06. The van der Waals surface area contributed by atoms with Crippen LogP contribution in [0.4, 0.5) is 0 Å². The van der Waals surface area contributed by atoms with Crippen LogP contribution < -0.4 is 0 Å². The lowest BCUT2D eigenvalue weighted by atomic mass is 9.98. The van der Waals surface area contributed by atoms with Crippen LogP contribution in [-0.2, 0) is 9.53 Å². The summed E-state index contributed by atoms with van der Waals surface area (Å²) in [6.07, 6.45) is 5.47. The second kappa shape index (κ2) is 7.50. The maximum Gasteiger partial charge on any atom is 0.316 e. The van der Waals surface area contributed by atoms with Gasteiger partial charge in [-0.2, -0.15) is 0 Å². The minimum atomic E-state index is -0.244. The predicted molar refractivity (Wildman–Crippen MR) is 85.1 cm³/mol. The van der Waals surface area contributed by atoms with Gasteiger partial charge in [-0.15, -0.1) is 10.2 Å². The number of phenols is 1. The number of aromatic hydroxyl groups is 1. The summed E-state index contributed by atoms with van der Waals surface area (Å²) in [4.78, 5) is 11.8.